The van der Waals surface area contributed by atoms with E-state index >= 15 is 0 Å². The van der Waals surface area contributed by atoms with E-state index in [-0.39, 0.29) is 23.9 Å². The molecule has 2 N–H and O–H groups in total. The van der Waals surface area contributed by atoms with Crippen molar-refractivity contribution in [2.24, 2.45) is 5.92 Å². The maximum Gasteiger partial charge on any atom is 0.325 e. The first-order valence-electron chi connectivity index (χ1n) is 8.25. The Labute approximate surface area is 143 Å². The van der Waals surface area contributed by atoms with Crippen molar-refractivity contribution in [2.75, 3.05) is 19.8 Å². The summed E-state index contributed by atoms with van der Waals surface area (Å²) in [6.45, 7) is 5.85. The van der Waals surface area contributed by atoms with Crippen LogP contribution in [0.1, 0.15) is 27.2 Å². The SMILES string of the molecule is CC[C@]12CS(=O)(=O)N(C)[C@@H](C1C)[C@H](N1C=C(C)C(NC)NC1=O)O2. The van der Waals surface area contributed by atoms with Gasteiger partial charge in [-0.3, -0.25) is 10.2 Å². The van der Waals surface area contributed by atoms with Crippen molar-refractivity contribution < 1.29 is 17.9 Å². The van der Waals surface area contributed by atoms with Crippen molar-refractivity contribution in [1.82, 2.24) is 19.8 Å². The molecular weight excluding hydrogens is 332 g/mol. The molecule has 0 radical (unpaired) electrons. The molecule has 3 aliphatic rings. The Morgan fingerprint density at radius 2 is 2.17 bits per heavy atom. The third kappa shape index (κ3) is 2.37. The van der Waals surface area contributed by atoms with E-state index in [0.717, 1.165) is 5.57 Å². The molecule has 8 nitrogen and oxygen atoms in total. The molecule has 2 amide bonds. The van der Waals surface area contributed by atoms with Gasteiger partial charge in [0.15, 0.2) is 6.23 Å². The zero-order valence-electron chi connectivity index (χ0n) is 14.7. The summed E-state index contributed by atoms with van der Waals surface area (Å²) >= 11 is 0. The Morgan fingerprint density at radius 1 is 1.50 bits per heavy atom. The van der Waals surface area contributed by atoms with E-state index in [2.05, 4.69) is 10.6 Å². The van der Waals surface area contributed by atoms with Crippen LogP contribution in [0.5, 0.6) is 0 Å². The van der Waals surface area contributed by atoms with E-state index < -0.39 is 27.9 Å². The molecule has 0 aromatic rings. The monoisotopic (exact) mass is 358 g/mol. The number of nitrogens with zero attached hydrogens (tertiary/aromatic N) is 2. The first kappa shape index (κ1) is 17.7. The van der Waals surface area contributed by atoms with Gasteiger partial charge in [0.05, 0.1) is 17.4 Å². The molecule has 2 unspecified atom stereocenters. The third-order valence-electron chi connectivity index (χ3n) is 5.74. The summed E-state index contributed by atoms with van der Waals surface area (Å²) in [5.74, 6) is -0.0390. The number of rotatable bonds is 3. The Hall–Kier alpha value is -1.16. The van der Waals surface area contributed by atoms with Crippen molar-refractivity contribution in [2.45, 2.75) is 51.2 Å². The summed E-state index contributed by atoms with van der Waals surface area (Å²) in [7, 11) is -0.0565. The van der Waals surface area contributed by atoms with Gasteiger partial charge in [-0.1, -0.05) is 13.8 Å². The molecule has 3 aliphatic heterocycles. The number of amides is 2. The maximum absolute atomic E-state index is 12.5. The number of hydrogen-bond donors (Lipinski definition) is 2. The number of carbonyl (C=O) groups is 1. The highest BCUT2D eigenvalue weighted by Crippen LogP contribution is 2.47. The summed E-state index contributed by atoms with van der Waals surface area (Å²) in [4.78, 5) is 14.0. The van der Waals surface area contributed by atoms with Gasteiger partial charge in [-0.25, -0.2) is 13.2 Å². The van der Waals surface area contributed by atoms with Crippen LogP contribution >= 0.6 is 0 Å². The van der Waals surface area contributed by atoms with Gasteiger partial charge < -0.3 is 10.1 Å². The van der Waals surface area contributed by atoms with Gasteiger partial charge in [0.25, 0.3) is 0 Å². The predicted octanol–water partition coefficient (Wildman–Crippen LogP) is 0.246. The number of sulfonamides is 1. The molecule has 9 heteroatoms. The highest BCUT2D eigenvalue weighted by atomic mass is 32.2. The molecule has 2 saturated heterocycles. The van der Waals surface area contributed by atoms with Crippen molar-refractivity contribution in [3.05, 3.63) is 11.8 Å². The average Bonchev–Trinajstić information content (AvgIpc) is 2.75. The standard InChI is InChI=1S/C15H26N4O4S/c1-6-15-8-24(21,22)18(5)11(10(15)3)13(23-15)19-7-9(2)12(16-4)17-14(19)20/h7,10-13,16H,6,8H2,1-5H3,(H,17,20)/t10?,11-,12?,13+,15-/m0/s1. The van der Waals surface area contributed by atoms with Crippen molar-refractivity contribution in [1.29, 1.82) is 0 Å². The summed E-state index contributed by atoms with van der Waals surface area (Å²) in [5.41, 5.74) is 0.189. The van der Waals surface area contributed by atoms with Crippen LogP contribution in [0, 0.1) is 5.92 Å². The fourth-order valence-corrected chi connectivity index (χ4v) is 6.13. The molecule has 0 aromatic heterocycles. The fraction of sp³-hybridized carbons (Fsp3) is 0.800. The highest BCUT2D eigenvalue weighted by molar-refractivity contribution is 7.89. The number of hydrogen-bond acceptors (Lipinski definition) is 5. The first-order chi connectivity index (χ1) is 11.2. The smallest absolute Gasteiger partial charge is 0.325 e. The Bertz CT molecular complexity index is 679. The number of urea groups is 1. The minimum Gasteiger partial charge on any atom is -0.348 e. The number of likely N-dealkylation sites (N-methyl/N-ethyl adjacent to an activating group) is 2. The lowest BCUT2D eigenvalue weighted by Gasteiger charge is -2.41. The van der Waals surface area contributed by atoms with Crippen molar-refractivity contribution >= 4 is 16.1 Å². The second-order valence-corrected chi connectivity index (χ2v) is 8.96. The number of fused-ring (bicyclic) bond motifs is 2. The third-order valence-corrected chi connectivity index (χ3v) is 7.71. The van der Waals surface area contributed by atoms with Gasteiger partial charge in [0.1, 0.15) is 6.17 Å². The topological polar surface area (TPSA) is 91.0 Å². The van der Waals surface area contributed by atoms with Crippen molar-refractivity contribution in [3.8, 4) is 0 Å². The van der Waals surface area contributed by atoms with Crippen LogP contribution < -0.4 is 10.6 Å². The first-order valence-corrected chi connectivity index (χ1v) is 9.85. The van der Waals surface area contributed by atoms with Crippen LogP contribution in [0.3, 0.4) is 0 Å². The summed E-state index contributed by atoms with van der Waals surface area (Å²) in [6.07, 6.45) is 1.48. The molecule has 0 aliphatic carbocycles. The average molecular weight is 358 g/mol. The quantitative estimate of drug-likeness (QED) is 0.754. The highest BCUT2D eigenvalue weighted by Gasteiger charge is 2.62. The lowest BCUT2D eigenvalue weighted by atomic mass is 9.84. The molecule has 3 heterocycles. The molecule has 2 fully saturated rings. The van der Waals surface area contributed by atoms with Gasteiger partial charge in [-0.2, -0.15) is 4.31 Å². The lowest BCUT2D eigenvalue weighted by Crippen LogP contribution is -2.60. The van der Waals surface area contributed by atoms with E-state index in [0.29, 0.717) is 6.42 Å². The molecule has 0 aromatic carbocycles. The van der Waals surface area contributed by atoms with Crippen LogP contribution in [0.2, 0.25) is 0 Å². The Morgan fingerprint density at radius 3 is 2.75 bits per heavy atom. The molecule has 3 rings (SSSR count). The molecule has 2 bridgehead atoms. The van der Waals surface area contributed by atoms with Crippen molar-refractivity contribution in [3.63, 3.8) is 0 Å². The molecular formula is C15H26N4O4S. The van der Waals surface area contributed by atoms with E-state index in [1.807, 2.05) is 20.8 Å². The van der Waals surface area contributed by atoms with Crippen LogP contribution in [0.4, 0.5) is 4.79 Å². The maximum atomic E-state index is 12.5. The largest absolute Gasteiger partial charge is 0.348 e. The normalized spacial score (nSPS) is 42.0. The lowest BCUT2D eigenvalue weighted by molar-refractivity contribution is -0.0817. The van der Waals surface area contributed by atoms with Crippen LogP contribution in [0.25, 0.3) is 0 Å². The number of nitrogens with one attached hydrogen (secondary N) is 2. The van der Waals surface area contributed by atoms with Crippen LogP contribution in [-0.2, 0) is 14.8 Å². The van der Waals surface area contributed by atoms with Gasteiger partial charge >= 0.3 is 6.03 Å². The van der Waals surface area contributed by atoms with Gasteiger partial charge in [-0.15, -0.1) is 0 Å². The van der Waals surface area contributed by atoms with Gasteiger partial charge in [0.2, 0.25) is 10.0 Å². The van der Waals surface area contributed by atoms with E-state index in [9.17, 15) is 13.2 Å². The molecule has 0 saturated carbocycles. The van der Waals surface area contributed by atoms with Gasteiger partial charge in [0, 0.05) is 19.2 Å². The Kier molecular flexibility index (Phi) is 4.18. The molecule has 0 spiro atoms. The Balaban J connectivity index is 2.01. The summed E-state index contributed by atoms with van der Waals surface area (Å²) in [5, 5.41) is 5.88. The molecule has 24 heavy (non-hydrogen) atoms. The zero-order chi connectivity index (χ0) is 17.9. The minimum atomic E-state index is -3.40. The second kappa shape index (κ2) is 5.69. The zero-order valence-corrected chi connectivity index (χ0v) is 15.6. The number of ether oxygens (including phenoxy) is 1. The van der Waals surface area contributed by atoms with E-state index in [4.69, 9.17) is 4.74 Å². The molecule has 5 atom stereocenters. The van der Waals surface area contributed by atoms with Gasteiger partial charge in [-0.05, 0) is 26.0 Å². The van der Waals surface area contributed by atoms with E-state index in [1.165, 1.54) is 9.21 Å². The van der Waals surface area contributed by atoms with Crippen LogP contribution in [-0.4, -0.2) is 67.5 Å². The predicted molar refractivity (Wildman–Crippen MR) is 89.4 cm³/mol. The van der Waals surface area contributed by atoms with E-state index in [1.54, 1.807) is 20.3 Å². The fourth-order valence-electron chi connectivity index (χ4n) is 4.11. The minimum absolute atomic E-state index is 0.00422. The summed E-state index contributed by atoms with van der Waals surface area (Å²) in [6, 6.07) is -0.689. The summed E-state index contributed by atoms with van der Waals surface area (Å²) < 4.78 is 32.7. The van der Waals surface area contributed by atoms with Crippen LogP contribution in [0.15, 0.2) is 11.8 Å². The second-order valence-electron chi connectivity index (χ2n) is 6.93. The number of carbonyl (C=O) groups excluding carboxylic acids is 1. The molecule has 136 valence electrons.